The highest BCUT2D eigenvalue weighted by Gasteiger charge is 1.82. The largest absolute Gasteiger partial charge is 0.103 e. The summed E-state index contributed by atoms with van der Waals surface area (Å²) in [7, 11) is 0. The summed E-state index contributed by atoms with van der Waals surface area (Å²) in [5, 5.41) is 0. The van der Waals surface area contributed by atoms with Crippen LogP contribution in [0.15, 0.2) is 93.6 Å². The van der Waals surface area contributed by atoms with Crippen LogP contribution in [0.5, 0.6) is 0 Å². The van der Waals surface area contributed by atoms with Crippen molar-refractivity contribution in [2.24, 2.45) is 0 Å². The van der Waals surface area contributed by atoms with Gasteiger partial charge in [-0.15, -0.1) is 32.9 Å². The van der Waals surface area contributed by atoms with Crippen LogP contribution in [0.4, 0.5) is 0 Å². The first kappa shape index (κ1) is 27.3. The van der Waals surface area contributed by atoms with Crippen LogP contribution in [0.2, 0.25) is 0 Å². The van der Waals surface area contributed by atoms with E-state index in [2.05, 4.69) is 45.0 Å². The molecule has 0 aromatic heterocycles. The lowest BCUT2D eigenvalue weighted by Gasteiger charge is -1.91. The minimum absolute atomic E-state index is 0.973. The molecule has 0 radical (unpaired) electrons. The van der Waals surface area contributed by atoms with Crippen molar-refractivity contribution in [3.63, 3.8) is 0 Å². The summed E-state index contributed by atoms with van der Waals surface area (Å²) in [6, 6.07) is 10.3. The molecule has 0 unspecified atom stereocenters. The second-order valence-electron chi connectivity index (χ2n) is 3.61. The molecule has 0 aliphatic heterocycles. The van der Waals surface area contributed by atoms with Crippen LogP contribution in [0, 0.1) is 0 Å². The van der Waals surface area contributed by atoms with Crippen molar-refractivity contribution in [2.75, 3.05) is 0 Å². The first-order chi connectivity index (χ1) is 10.1. The van der Waals surface area contributed by atoms with Gasteiger partial charge in [0.05, 0.1) is 0 Å². The summed E-state index contributed by atoms with van der Waals surface area (Å²) in [5.41, 5.74) is 1.33. The molecule has 0 atom stereocenters. The summed E-state index contributed by atoms with van der Waals surface area (Å²) in [6.07, 6.45) is 9.89. The van der Waals surface area contributed by atoms with Crippen LogP contribution in [0.1, 0.15) is 33.3 Å². The predicted octanol–water partition coefficient (Wildman–Crippen LogP) is 7.18. The van der Waals surface area contributed by atoms with Gasteiger partial charge in [-0.3, -0.25) is 0 Å². The Balaban J connectivity index is -0.000000102. The van der Waals surface area contributed by atoms with Crippen molar-refractivity contribution in [3.8, 4) is 0 Å². The summed E-state index contributed by atoms with van der Waals surface area (Å²) >= 11 is 0. The Labute approximate surface area is 133 Å². The molecule has 1 aromatic rings. The first-order valence-corrected chi connectivity index (χ1v) is 7.02. The fraction of sp³-hybridized carbons (Fsp3) is 0.238. The molecule has 0 saturated heterocycles. The maximum absolute atomic E-state index is 3.66. The predicted molar refractivity (Wildman–Crippen MR) is 104 cm³/mol. The van der Waals surface area contributed by atoms with Gasteiger partial charge < -0.3 is 0 Å². The third-order valence-electron chi connectivity index (χ3n) is 1.22. The Morgan fingerprint density at radius 1 is 0.667 bits per heavy atom. The SMILES string of the molecule is C=CC.C=CC.C=CC.C=CC.C=CCc1ccccc1. The minimum atomic E-state index is 0.973. The molecular formula is C21H34. The lowest BCUT2D eigenvalue weighted by Crippen LogP contribution is -1.75. The second kappa shape index (κ2) is 36.1. The van der Waals surface area contributed by atoms with E-state index < -0.39 is 0 Å². The van der Waals surface area contributed by atoms with Crippen LogP contribution in [0.25, 0.3) is 0 Å². The van der Waals surface area contributed by atoms with E-state index in [0.29, 0.717) is 0 Å². The molecule has 21 heavy (non-hydrogen) atoms. The smallest absolute Gasteiger partial charge is 0.0100 e. The Kier molecular flexibility index (Phi) is 46.9. The fourth-order valence-electron chi connectivity index (χ4n) is 0.781. The van der Waals surface area contributed by atoms with E-state index >= 15 is 0 Å². The topological polar surface area (TPSA) is 0 Å². The van der Waals surface area contributed by atoms with E-state index in [1.54, 1.807) is 24.3 Å². The molecule has 0 aliphatic carbocycles. The van der Waals surface area contributed by atoms with Crippen LogP contribution >= 0.6 is 0 Å². The lowest BCUT2D eigenvalue weighted by molar-refractivity contribution is 1.28. The summed E-state index contributed by atoms with van der Waals surface area (Å²) in [4.78, 5) is 0. The maximum atomic E-state index is 3.66. The average molecular weight is 287 g/mol. The van der Waals surface area contributed by atoms with E-state index in [9.17, 15) is 0 Å². The van der Waals surface area contributed by atoms with E-state index in [1.165, 1.54) is 5.56 Å². The molecule has 118 valence electrons. The third kappa shape index (κ3) is 57.1. The molecular weight excluding hydrogens is 252 g/mol. The van der Waals surface area contributed by atoms with Gasteiger partial charge in [-0.2, -0.15) is 0 Å². The van der Waals surface area contributed by atoms with E-state index in [0.717, 1.165) is 6.42 Å². The van der Waals surface area contributed by atoms with Crippen LogP contribution < -0.4 is 0 Å². The molecule has 0 aliphatic rings. The van der Waals surface area contributed by atoms with Gasteiger partial charge in [-0.1, -0.05) is 60.7 Å². The summed E-state index contributed by atoms with van der Waals surface area (Å²) < 4.78 is 0. The van der Waals surface area contributed by atoms with Crippen LogP contribution in [-0.2, 0) is 6.42 Å². The van der Waals surface area contributed by atoms with Crippen molar-refractivity contribution < 1.29 is 0 Å². The Morgan fingerprint density at radius 3 is 1.19 bits per heavy atom. The van der Waals surface area contributed by atoms with Crippen molar-refractivity contribution in [3.05, 3.63) is 99.2 Å². The summed E-state index contributed by atoms with van der Waals surface area (Å²) in [5.74, 6) is 0. The van der Waals surface area contributed by atoms with E-state index in [-0.39, 0.29) is 0 Å². The van der Waals surface area contributed by atoms with Gasteiger partial charge >= 0.3 is 0 Å². The standard InChI is InChI=1S/C9H10.4C3H6/c1-2-6-9-7-4-3-5-8-9;4*1-3-2/h2-5,7-8H,1,6H2;4*3H,1H2,2H3. The van der Waals surface area contributed by atoms with E-state index in [4.69, 9.17) is 0 Å². The van der Waals surface area contributed by atoms with Crippen LogP contribution in [-0.4, -0.2) is 0 Å². The Morgan fingerprint density at radius 2 is 0.952 bits per heavy atom. The number of allylic oxidation sites excluding steroid dienone is 5. The van der Waals surface area contributed by atoms with Gasteiger partial charge in [0.15, 0.2) is 0 Å². The van der Waals surface area contributed by atoms with Gasteiger partial charge in [0, 0.05) is 0 Å². The molecule has 0 amide bonds. The zero-order chi connectivity index (χ0) is 17.4. The average Bonchev–Trinajstić information content (AvgIpc) is 2.44. The zero-order valence-electron chi connectivity index (χ0n) is 14.5. The van der Waals surface area contributed by atoms with Gasteiger partial charge in [0.25, 0.3) is 0 Å². The zero-order valence-corrected chi connectivity index (χ0v) is 14.5. The summed E-state index contributed by atoms with van der Waals surface area (Å²) in [6.45, 7) is 24.7. The van der Waals surface area contributed by atoms with Crippen molar-refractivity contribution >= 4 is 0 Å². The number of benzene rings is 1. The number of hydrogen-bond donors (Lipinski definition) is 0. The Bertz CT molecular complexity index is 293. The first-order valence-electron chi connectivity index (χ1n) is 7.02. The molecule has 0 spiro atoms. The molecule has 0 saturated carbocycles. The third-order valence-corrected chi connectivity index (χ3v) is 1.22. The van der Waals surface area contributed by atoms with E-state index in [1.807, 2.05) is 52.0 Å². The highest BCUT2D eigenvalue weighted by Crippen LogP contribution is 1.98. The molecule has 0 N–H and O–H groups in total. The maximum Gasteiger partial charge on any atom is -0.0100 e. The Hall–Kier alpha value is -2.08. The second-order valence-corrected chi connectivity index (χ2v) is 3.61. The monoisotopic (exact) mass is 286 g/mol. The minimum Gasteiger partial charge on any atom is -0.103 e. The van der Waals surface area contributed by atoms with Gasteiger partial charge in [-0.05, 0) is 39.7 Å². The lowest BCUT2D eigenvalue weighted by atomic mass is 10.2. The van der Waals surface area contributed by atoms with Gasteiger partial charge in [-0.25, -0.2) is 0 Å². The molecule has 0 heteroatoms. The van der Waals surface area contributed by atoms with Crippen LogP contribution in [0.3, 0.4) is 0 Å². The molecule has 0 nitrogen and oxygen atoms in total. The molecule has 0 heterocycles. The quantitative estimate of drug-likeness (QED) is 0.505. The van der Waals surface area contributed by atoms with Crippen molar-refractivity contribution in [1.82, 2.24) is 0 Å². The van der Waals surface area contributed by atoms with Gasteiger partial charge in [0.1, 0.15) is 0 Å². The number of hydrogen-bond acceptors (Lipinski definition) is 0. The molecule has 0 bridgehead atoms. The molecule has 1 aromatic carbocycles. The molecule has 0 fully saturated rings. The van der Waals surface area contributed by atoms with Crippen molar-refractivity contribution in [1.29, 1.82) is 0 Å². The van der Waals surface area contributed by atoms with Gasteiger partial charge in [0.2, 0.25) is 0 Å². The van der Waals surface area contributed by atoms with Crippen molar-refractivity contribution in [2.45, 2.75) is 34.1 Å². The highest BCUT2D eigenvalue weighted by atomic mass is 13.9. The normalized spacial score (nSPS) is 6.29. The fourth-order valence-corrected chi connectivity index (χ4v) is 0.781. The number of rotatable bonds is 2. The highest BCUT2D eigenvalue weighted by molar-refractivity contribution is 5.16. The molecule has 1 rings (SSSR count).